The molecule has 2 aromatic heterocycles. The zero-order valence-corrected chi connectivity index (χ0v) is 17.0. The number of allylic oxidation sites excluding steroid dienone is 3. The smallest absolute Gasteiger partial charge is 0.0583 e. The minimum atomic E-state index is 0.550. The Labute approximate surface area is 173 Å². The third kappa shape index (κ3) is 8.55. The van der Waals surface area contributed by atoms with Gasteiger partial charge in [0.15, 0.2) is 0 Å². The number of hydrogen-bond donors (Lipinski definition) is 2. The van der Waals surface area contributed by atoms with Crippen LogP contribution in [0.25, 0.3) is 0 Å². The van der Waals surface area contributed by atoms with Crippen LogP contribution in [0.3, 0.4) is 0 Å². The Balaban J connectivity index is 2.06. The van der Waals surface area contributed by atoms with Crippen LogP contribution in [-0.4, -0.2) is 33.0 Å². The molecule has 0 aromatic carbocycles. The number of hydrazine groups is 1. The van der Waals surface area contributed by atoms with Crippen molar-refractivity contribution in [3.63, 3.8) is 0 Å². The van der Waals surface area contributed by atoms with E-state index >= 15 is 0 Å². The van der Waals surface area contributed by atoms with Gasteiger partial charge >= 0.3 is 0 Å². The van der Waals surface area contributed by atoms with E-state index in [1.165, 1.54) is 0 Å². The largest absolute Gasteiger partial charge is 0.400 e. The van der Waals surface area contributed by atoms with Crippen LogP contribution < -0.4 is 11.6 Å². The zero-order valence-electron chi connectivity index (χ0n) is 17.0. The monoisotopic (exact) mass is 390 g/mol. The highest BCUT2D eigenvalue weighted by Gasteiger charge is 2.10. The average Bonchev–Trinajstić information content (AvgIpc) is 2.72. The summed E-state index contributed by atoms with van der Waals surface area (Å²) in [6.45, 7) is 8.11. The van der Waals surface area contributed by atoms with Gasteiger partial charge in [-0.2, -0.15) is 0 Å². The first-order chi connectivity index (χ1) is 14.1. The molecule has 29 heavy (non-hydrogen) atoms. The van der Waals surface area contributed by atoms with Gasteiger partial charge in [0.05, 0.1) is 17.9 Å². The summed E-state index contributed by atoms with van der Waals surface area (Å²) in [5.74, 6) is 6.14. The van der Waals surface area contributed by atoms with Crippen molar-refractivity contribution in [3.8, 4) is 0 Å². The summed E-state index contributed by atoms with van der Waals surface area (Å²) in [5.41, 5.74) is 10.0. The van der Waals surface area contributed by atoms with E-state index < -0.39 is 0 Å². The van der Waals surface area contributed by atoms with Gasteiger partial charge in [0, 0.05) is 43.9 Å². The predicted molar refractivity (Wildman–Crippen MR) is 119 cm³/mol. The Morgan fingerprint density at radius 3 is 2.14 bits per heavy atom. The maximum atomic E-state index is 6.30. The summed E-state index contributed by atoms with van der Waals surface area (Å²) in [7, 11) is 0. The number of hydrogen-bond acceptors (Lipinski definition) is 6. The molecule has 0 bridgehead atoms. The maximum absolute atomic E-state index is 6.30. The lowest BCUT2D eigenvalue weighted by molar-refractivity contribution is 0.269. The molecular formula is C23H30N6. The van der Waals surface area contributed by atoms with Crippen LogP contribution in [0.15, 0.2) is 97.1 Å². The summed E-state index contributed by atoms with van der Waals surface area (Å²) < 4.78 is 0. The van der Waals surface area contributed by atoms with Crippen LogP contribution in [0.4, 0.5) is 0 Å². The molecule has 0 radical (unpaired) electrons. The molecule has 0 spiro atoms. The first-order valence-electron chi connectivity index (χ1n) is 9.54. The standard InChI is InChI=1S/C23H30N6/c1-3-5-10-20(4-2)15-29(25)17-21(24)16-28(18-22-11-6-8-13-26-22)19-23-12-7-9-14-27-23/h3-14,17H,1,15-16,18-19,24-25H2,2H3/b10-5-,20-4+,21-17-. The lowest BCUT2D eigenvalue weighted by Gasteiger charge is -2.23. The van der Waals surface area contributed by atoms with Crippen LogP contribution >= 0.6 is 0 Å². The van der Waals surface area contributed by atoms with Crippen molar-refractivity contribution in [2.24, 2.45) is 11.6 Å². The molecule has 0 aliphatic rings. The molecule has 0 saturated carbocycles. The van der Waals surface area contributed by atoms with Gasteiger partial charge in [0.25, 0.3) is 0 Å². The van der Waals surface area contributed by atoms with Crippen LogP contribution in [0.1, 0.15) is 18.3 Å². The van der Waals surface area contributed by atoms with Gasteiger partial charge in [-0.1, -0.05) is 43.0 Å². The lowest BCUT2D eigenvalue weighted by Crippen LogP contribution is -2.32. The van der Waals surface area contributed by atoms with Gasteiger partial charge < -0.3 is 10.7 Å². The van der Waals surface area contributed by atoms with Crippen molar-refractivity contribution in [3.05, 3.63) is 109 Å². The van der Waals surface area contributed by atoms with Crippen LogP contribution in [0.2, 0.25) is 0 Å². The minimum absolute atomic E-state index is 0.550. The number of nitrogens with two attached hydrogens (primary N) is 2. The molecule has 0 fully saturated rings. The fourth-order valence-electron chi connectivity index (χ4n) is 2.81. The molecule has 2 heterocycles. The third-order valence-corrected chi connectivity index (χ3v) is 4.14. The van der Waals surface area contributed by atoms with Crippen LogP contribution in [-0.2, 0) is 13.1 Å². The summed E-state index contributed by atoms with van der Waals surface area (Å²) in [6.07, 6.45) is 13.0. The summed E-state index contributed by atoms with van der Waals surface area (Å²) in [4.78, 5) is 11.0. The van der Waals surface area contributed by atoms with Crippen molar-refractivity contribution in [1.29, 1.82) is 0 Å². The van der Waals surface area contributed by atoms with E-state index in [2.05, 4.69) is 21.4 Å². The van der Waals surface area contributed by atoms with Crippen molar-refractivity contribution < 1.29 is 0 Å². The summed E-state index contributed by atoms with van der Waals surface area (Å²) >= 11 is 0. The molecule has 0 aliphatic heterocycles. The SMILES string of the molecule is C=C/C=C\C(=C/C)CN(N)/C=C(\N)CN(Cc1ccccn1)Cc1ccccn1. The molecule has 0 atom stereocenters. The first kappa shape index (κ1) is 22.1. The third-order valence-electron chi connectivity index (χ3n) is 4.14. The van der Waals surface area contributed by atoms with Crippen molar-refractivity contribution in [2.75, 3.05) is 13.1 Å². The van der Waals surface area contributed by atoms with Gasteiger partial charge in [-0.3, -0.25) is 14.9 Å². The Kier molecular flexibility index (Phi) is 9.35. The molecular weight excluding hydrogens is 360 g/mol. The lowest BCUT2D eigenvalue weighted by atomic mass is 10.2. The molecule has 0 saturated heterocycles. The maximum Gasteiger partial charge on any atom is 0.0583 e. The van der Waals surface area contributed by atoms with Gasteiger partial charge in [0.2, 0.25) is 0 Å². The molecule has 0 amide bonds. The van der Waals surface area contributed by atoms with Gasteiger partial charge in [0.1, 0.15) is 0 Å². The average molecular weight is 391 g/mol. The Bertz CT molecular complexity index is 785. The second-order valence-electron chi connectivity index (χ2n) is 6.62. The highest BCUT2D eigenvalue weighted by molar-refractivity contribution is 5.23. The van der Waals surface area contributed by atoms with Gasteiger partial charge in [-0.25, -0.2) is 5.84 Å². The van der Waals surface area contributed by atoms with E-state index in [9.17, 15) is 0 Å². The number of pyridine rings is 2. The van der Waals surface area contributed by atoms with E-state index in [1.54, 1.807) is 29.7 Å². The number of aromatic nitrogens is 2. The molecule has 2 rings (SSSR count). The Morgan fingerprint density at radius 2 is 1.66 bits per heavy atom. The number of nitrogens with zero attached hydrogens (tertiary/aromatic N) is 4. The summed E-state index contributed by atoms with van der Waals surface area (Å²) in [6, 6.07) is 11.8. The molecule has 6 nitrogen and oxygen atoms in total. The quantitative estimate of drug-likeness (QED) is 0.348. The molecule has 2 aromatic rings. The van der Waals surface area contributed by atoms with E-state index in [1.807, 2.05) is 61.5 Å². The zero-order chi connectivity index (χ0) is 20.9. The fraction of sp³-hybridized carbons (Fsp3) is 0.217. The van der Waals surface area contributed by atoms with E-state index in [0.29, 0.717) is 31.9 Å². The van der Waals surface area contributed by atoms with Crippen molar-refractivity contribution >= 4 is 0 Å². The highest BCUT2D eigenvalue weighted by atomic mass is 15.4. The van der Waals surface area contributed by atoms with Crippen LogP contribution in [0, 0.1) is 0 Å². The molecule has 0 unspecified atom stereocenters. The number of rotatable bonds is 11. The van der Waals surface area contributed by atoms with E-state index in [-0.39, 0.29) is 0 Å². The van der Waals surface area contributed by atoms with Crippen molar-refractivity contribution in [1.82, 2.24) is 19.9 Å². The molecule has 4 N–H and O–H groups in total. The van der Waals surface area contributed by atoms with Crippen molar-refractivity contribution in [2.45, 2.75) is 20.0 Å². The van der Waals surface area contributed by atoms with E-state index in [4.69, 9.17) is 11.6 Å². The highest BCUT2D eigenvalue weighted by Crippen LogP contribution is 2.09. The second kappa shape index (κ2) is 12.3. The minimum Gasteiger partial charge on any atom is -0.400 e. The van der Waals surface area contributed by atoms with Gasteiger partial charge in [-0.05, 0) is 36.8 Å². The molecule has 6 heteroatoms. The normalized spacial score (nSPS) is 12.5. The van der Waals surface area contributed by atoms with Gasteiger partial charge in [-0.15, -0.1) is 0 Å². The summed E-state index contributed by atoms with van der Waals surface area (Å²) in [5, 5.41) is 1.60. The Hall–Kier alpha value is -3.22. The Morgan fingerprint density at radius 1 is 1.03 bits per heavy atom. The molecule has 152 valence electrons. The topological polar surface area (TPSA) is 84.3 Å². The predicted octanol–water partition coefficient (Wildman–Crippen LogP) is 3.14. The second-order valence-corrected chi connectivity index (χ2v) is 6.62. The van der Waals surface area contributed by atoms with Crippen LogP contribution in [0.5, 0.6) is 0 Å². The first-order valence-corrected chi connectivity index (χ1v) is 9.54. The van der Waals surface area contributed by atoms with E-state index in [0.717, 1.165) is 17.0 Å². The molecule has 0 aliphatic carbocycles. The fourth-order valence-corrected chi connectivity index (χ4v) is 2.81.